The molecule has 0 aromatic heterocycles. The predicted molar refractivity (Wildman–Crippen MR) is 155 cm³/mol. The number of esters is 1. The largest absolute Gasteiger partial charge is 0.426 e. The summed E-state index contributed by atoms with van der Waals surface area (Å²) < 4.78 is 18.9. The van der Waals surface area contributed by atoms with Gasteiger partial charge in [-0.1, -0.05) is 48.5 Å². The van der Waals surface area contributed by atoms with Gasteiger partial charge in [-0.3, -0.25) is 19.2 Å². The minimum absolute atomic E-state index is 0.0129. The van der Waals surface area contributed by atoms with Crippen molar-refractivity contribution in [2.45, 2.75) is 18.3 Å². The number of carbonyl (C=O) groups excluding carboxylic acids is 4. The van der Waals surface area contributed by atoms with E-state index in [1.54, 1.807) is 24.3 Å². The molecule has 3 atom stereocenters. The van der Waals surface area contributed by atoms with Gasteiger partial charge in [0.1, 0.15) is 11.6 Å². The average Bonchev–Trinajstić information content (AvgIpc) is 3.55. The summed E-state index contributed by atoms with van der Waals surface area (Å²) in [5, 5.41) is 0. The molecule has 8 heteroatoms. The molecule has 7 nitrogen and oxygen atoms in total. The van der Waals surface area contributed by atoms with Crippen LogP contribution in [-0.2, 0) is 19.2 Å². The molecule has 212 valence electrons. The number of amides is 3. The Morgan fingerprint density at radius 1 is 0.674 bits per heavy atom. The van der Waals surface area contributed by atoms with Crippen molar-refractivity contribution in [1.82, 2.24) is 0 Å². The smallest absolute Gasteiger partial charge is 0.316 e. The van der Waals surface area contributed by atoms with Gasteiger partial charge in [0, 0.05) is 30.5 Å². The van der Waals surface area contributed by atoms with E-state index in [0.29, 0.717) is 11.4 Å². The van der Waals surface area contributed by atoms with E-state index in [4.69, 9.17) is 4.74 Å². The van der Waals surface area contributed by atoms with Crippen molar-refractivity contribution < 1.29 is 28.3 Å². The van der Waals surface area contributed by atoms with E-state index >= 15 is 0 Å². The van der Waals surface area contributed by atoms with Crippen molar-refractivity contribution >= 4 is 35.1 Å². The lowest BCUT2D eigenvalue weighted by Gasteiger charge is -2.45. The molecule has 3 aliphatic carbocycles. The molecule has 43 heavy (non-hydrogen) atoms. The zero-order chi connectivity index (χ0) is 29.4. The standard InChI is InChI=1S/C35H25FN2O5/c36-20-9-11-21(12-10-20)37-18-19(17-28(37)39)35(42)43-23-15-13-22(14-16-23)38-33(40)31-29-24-5-1-2-6-25(24)30(32(31)34(38)41)27-8-4-3-7-26(27)29/h1-16,19,29-32H,17-18H2/t19-,29?,30?,31-,32-/m1/s1. The van der Waals surface area contributed by atoms with Crippen LogP contribution in [0.2, 0.25) is 0 Å². The predicted octanol–water partition coefficient (Wildman–Crippen LogP) is 5.18. The van der Waals surface area contributed by atoms with Crippen molar-refractivity contribution in [3.63, 3.8) is 0 Å². The molecule has 2 aliphatic heterocycles. The molecule has 0 N–H and O–H groups in total. The van der Waals surface area contributed by atoms with Gasteiger partial charge in [0.05, 0.1) is 23.4 Å². The lowest BCUT2D eigenvalue weighted by Crippen LogP contribution is -2.41. The van der Waals surface area contributed by atoms with Crippen molar-refractivity contribution in [3.8, 4) is 5.75 Å². The fraction of sp³-hybridized carbons (Fsp3) is 0.200. The Morgan fingerprint density at radius 3 is 1.67 bits per heavy atom. The Balaban J connectivity index is 1.02. The molecular formula is C35H25FN2O5. The van der Waals surface area contributed by atoms with Gasteiger partial charge in [-0.05, 0) is 70.8 Å². The van der Waals surface area contributed by atoms with E-state index in [0.717, 1.165) is 22.3 Å². The minimum atomic E-state index is -0.680. The Hall–Kier alpha value is -5.11. The third-order valence-corrected chi connectivity index (χ3v) is 9.36. The Morgan fingerprint density at radius 2 is 1.16 bits per heavy atom. The second-order valence-electron chi connectivity index (χ2n) is 11.6. The van der Waals surface area contributed by atoms with Crippen molar-refractivity contribution in [2.24, 2.45) is 17.8 Å². The first-order valence-corrected chi connectivity index (χ1v) is 14.3. The SMILES string of the molecule is O=C(Oc1ccc(N2C(=O)[C@@H]3C4c5ccccc5C(c5ccccc54)[C@H]3C2=O)cc1)[C@@H]1CC(=O)N(c2ccc(F)cc2)C1. The molecule has 0 saturated carbocycles. The Bertz CT molecular complexity index is 1720. The first kappa shape index (κ1) is 25.6. The van der Waals surface area contributed by atoms with Crippen molar-refractivity contribution in [3.05, 3.63) is 125 Å². The molecule has 4 aromatic carbocycles. The van der Waals surface area contributed by atoms with E-state index in [-0.39, 0.29) is 48.3 Å². The van der Waals surface area contributed by atoms with Gasteiger partial charge in [-0.25, -0.2) is 9.29 Å². The monoisotopic (exact) mass is 572 g/mol. The fourth-order valence-electron chi connectivity index (χ4n) is 7.53. The second kappa shape index (κ2) is 9.46. The maximum absolute atomic E-state index is 14.0. The van der Waals surface area contributed by atoms with Crippen LogP contribution < -0.4 is 14.5 Å². The van der Waals surface area contributed by atoms with Crippen LogP contribution in [0.5, 0.6) is 5.75 Å². The van der Waals surface area contributed by atoms with Gasteiger partial charge >= 0.3 is 5.97 Å². The van der Waals surface area contributed by atoms with Crippen LogP contribution in [0.4, 0.5) is 15.8 Å². The van der Waals surface area contributed by atoms with E-state index in [1.165, 1.54) is 34.1 Å². The lowest BCUT2D eigenvalue weighted by atomic mass is 9.55. The summed E-state index contributed by atoms with van der Waals surface area (Å²) >= 11 is 0. The highest BCUT2D eigenvalue weighted by molar-refractivity contribution is 6.23. The molecule has 5 aliphatic rings. The third kappa shape index (κ3) is 3.79. The molecule has 0 spiro atoms. The molecule has 0 radical (unpaired) electrons. The van der Waals surface area contributed by atoms with Gasteiger partial charge in [0.25, 0.3) is 0 Å². The van der Waals surface area contributed by atoms with Gasteiger partial charge in [-0.2, -0.15) is 0 Å². The minimum Gasteiger partial charge on any atom is -0.426 e. The molecular weight excluding hydrogens is 547 g/mol. The number of benzene rings is 4. The number of carbonyl (C=O) groups is 4. The molecule has 2 fully saturated rings. The molecule has 9 rings (SSSR count). The van der Waals surface area contributed by atoms with Crippen LogP contribution in [0.1, 0.15) is 40.5 Å². The number of halogens is 1. The lowest BCUT2D eigenvalue weighted by molar-refractivity contribution is -0.139. The summed E-state index contributed by atoms with van der Waals surface area (Å²) in [6, 6.07) is 28.1. The van der Waals surface area contributed by atoms with Crippen LogP contribution in [0.3, 0.4) is 0 Å². The summed E-state index contributed by atoms with van der Waals surface area (Å²) in [7, 11) is 0. The normalized spacial score (nSPS) is 25.0. The van der Waals surface area contributed by atoms with E-state index in [2.05, 4.69) is 24.3 Å². The van der Waals surface area contributed by atoms with Gasteiger partial charge in [0.2, 0.25) is 17.7 Å². The average molecular weight is 573 g/mol. The number of ether oxygens (including phenoxy) is 1. The Kier molecular flexibility index (Phi) is 5.63. The highest BCUT2D eigenvalue weighted by Crippen LogP contribution is 2.61. The van der Waals surface area contributed by atoms with E-state index in [9.17, 15) is 23.6 Å². The fourth-order valence-corrected chi connectivity index (χ4v) is 7.53. The first-order valence-electron chi connectivity index (χ1n) is 14.3. The summed E-state index contributed by atoms with van der Waals surface area (Å²) in [5.41, 5.74) is 5.39. The number of imide groups is 1. The van der Waals surface area contributed by atoms with Crippen LogP contribution in [0, 0.1) is 23.6 Å². The van der Waals surface area contributed by atoms with Gasteiger partial charge < -0.3 is 9.64 Å². The summed E-state index contributed by atoms with van der Waals surface area (Å²) in [5.74, 6) is -3.42. The zero-order valence-corrected chi connectivity index (χ0v) is 22.9. The number of anilines is 2. The Labute approximate surface area is 246 Å². The summed E-state index contributed by atoms with van der Waals surface area (Å²) in [6.45, 7) is 0.133. The molecule has 2 bridgehead atoms. The summed E-state index contributed by atoms with van der Waals surface area (Å²) in [6.07, 6.45) is -0.0129. The van der Waals surface area contributed by atoms with Crippen LogP contribution in [-0.4, -0.2) is 30.2 Å². The molecule has 4 aromatic rings. The quantitative estimate of drug-likeness (QED) is 0.191. The van der Waals surface area contributed by atoms with E-state index in [1.807, 2.05) is 24.3 Å². The molecule has 0 unspecified atom stereocenters. The second-order valence-corrected chi connectivity index (χ2v) is 11.6. The van der Waals surface area contributed by atoms with Crippen LogP contribution >= 0.6 is 0 Å². The van der Waals surface area contributed by atoms with Crippen LogP contribution in [0.15, 0.2) is 97.1 Å². The highest BCUT2D eigenvalue weighted by atomic mass is 19.1. The number of rotatable bonds is 4. The summed E-state index contributed by atoms with van der Waals surface area (Å²) in [4.78, 5) is 56.1. The zero-order valence-electron chi connectivity index (χ0n) is 22.9. The van der Waals surface area contributed by atoms with E-state index < -0.39 is 29.5 Å². The molecule has 2 saturated heterocycles. The van der Waals surface area contributed by atoms with Crippen molar-refractivity contribution in [1.29, 1.82) is 0 Å². The number of hydrogen-bond acceptors (Lipinski definition) is 5. The molecule has 3 amide bonds. The maximum Gasteiger partial charge on any atom is 0.316 e. The van der Waals surface area contributed by atoms with Crippen molar-refractivity contribution in [2.75, 3.05) is 16.3 Å². The maximum atomic E-state index is 14.0. The number of hydrogen-bond donors (Lipinski definition) is 0. The van der Waals surface area contributed by atoms with Gasteiger partial charge in [0.15, 0.2) is 0 Å². The highest BCUT2D eigenvalue weighted by Gasteiger charge is 2.61. The third-order valence-electron chi connectivity index (χ3n) is 9.36. The number of nitrogens with zero attached hydrogens (tertiary/aromatic N) is 2. The first-order chi connectivity index (χ1) is 20.9. The van der Waals surface area contributed by atoms with Gasteiger partial charge in [-0.15, -0.1) is 0 Å². The topological polar surface area (TPSA) is 84.0 Å². The molecule has 2 heterocycles. The van der Waals surface area contributed by atoms with Crippen LogP contribution in [0.25, 0.3) is 0 Å².